The number of pyridine rings is 4. The van der Waals surface area contributed by atoms with Gasteiger partial charge in [0, 0.05) is 86.7 Å². The average Bonchev–Trinajstić information content (AvgIpc) is 1.27. The monoisotopic (exact) mass is 2020 g/mol. The van der Waals surface area contributed by atoms with E-state index in [-0.39, 0.29) is 24.8 Å². The minimum Gasteiger partial charge on any atom is -0.490 e. The molecule has 790 valence electrons. The maximum atomic E-state index is 12.4. The van der Waals surface area contributed by atoms with Crippen LogP contribution in [-0.2, 0) is 17.1 Å². The number of ether oxygens (including phenoxy) is 3. The number of fused-ring (bicyclic) bond motifs is 2. The van der Waals surface area contributed by atoms with Crippen LogP contribution in [-0.4, -0.2) is 110 Å². The van der Waals surface area contributed by atoms with Crippen molar-refractivity contribution in [2.24, 2.45) is 0 Å². The van der Waals surface area contributed by atoms with E-state index in [0.29, 0.717) is 64.7 Å². The van der Waals surface area contributed by atoms with Gasteiger partial charge in [0.05, 0.1) is 59.5 Å². The zero-order chi connectivity index (χ0) is 107. The molecule has 0 aliphatic carbocycles. The number of rotatable bonds is 14. The van der Waals surface area contributed by atoms with Crippen LogP contribution < -0.4 is 29.1 Å². The number of nitrogens with zero attached hydrogens (tertiary/aromatic N) is 10. The summed E-state index contributed by atoms with van der Waals surface area (Å²) in [4.78, 5) is 37.8. The quantitative estimate of drug-likeness (QED) is 0.0962. The molecule has 0 unspecified atom stereocenters. The van der Waals surface area contributed by atoms with E-state index >= 15 is 0 Å². The molecule has 12 aromatic rings. The second-order valence-corrected chi connectivity index (χ2v) is 43.1. The van der Waals surface area contributed by atoms with Crippen molar-refractivity contribution in [2.75, 3.05) is 99.4 Å². The first-order valence-corrected chi connectivity index (χ1v) is 53.1. The van der Waals surface area contributed by atoms with Crippen molar-refractivity contribution in [3.05, 3.63) is 328 Å². The summed E-state index contributed by atoms with van der Waals surface area (Å²) in [5.41, 5.74) is 19.3. The maximum Gasteiger partial charge on any atom is 0.416 e. The number of likely N-dealkylation sites (N-methyl/N-ethyl adjacent to an activating group) is 2. The van der Waals surface area contributed by atoms with Crippen molar-refractivity contribution < 1.29 is 40.6 Å². The Kier molecular flexibility index (Phi) is 55.8. The van der Waals surface area contributed by atoms with E-state index in [0.717, 1.165) is 99.8 Å². The summed E-state index contributed by atoms with van der Waals surface area (Å²) in [7, 11) is 4.15. The van der Waals surface area contributed by atoms with Crippen LogP contribution in [0, 0.1) is 48.5 Å². The van der Waals surface area contributed by atoms with Gasteiger partial charge in [0.15, 0.2) is 16.7 Å². The Balaban J connectivity index is 0.000000328. The van der Waals surface area contributed by atoms with E-state index in [9.17, 15) is 26.3 Å². The average molecular weight is 2020 g/mol. The minimum absolute atomic E-state index is 0. The Morgan fingerprint density at radius 2 is 0.785 bits per heavy atom. The van der Waals surface area contributed by atoms with Crippen molar-refractivity contribution in [1.82, 2.24) is 29.9 Å². The molecule has 0 radical (unpaired) electrons. The van der Waals surface area contributed by atoms with Crippen LogP contribution in [0.15, 0.2) is 213 Å². The molecule has 0 N–H and O–H groups in total. The van der Waals surface area contributed by atoms with Crippen LogP contribution in [0.1, 0.15) is 379 Å². The Labute approximate surface area is 873 Å². The Morgan fingerprint density at radius 1 is 0.333 bits per heavy atom. The van der Waals surface area contributed by atoms with E-state index in [2.05, 4.69) is 377 Å². The topological polar surface area (TPSA) is 118 Å². The first-order chi connectivity index (χ1) is 67.4. The third kappa shape index (κ3) is 44.4. The Morgan fingerprint density at radius 3 is 1.22 bits per heavy atom. The lowest BCUT2D eigenvalue weighted by molar-refractivity contribution is -0.139. The normalized spacial score (nSPS) is 13.0. The summed E-state index contributed by atoms with van der Waals surface area (Å²) in [5, 5.41) is 2.43. The van der Waals surface area contributed by atoms with Crippen LogP contribution in [0.4, 0.5) is 48.8 Å². The van der Waals surface area contributed by atoms with Crippen LogP contribution in [0.3, 0.4) is 0 Å². The van der Waals surface area contributed by atoms with Crippen LogP contribution in [0.2, 0.25) is 0 Å². The maximum absolute atomic E-state index is 12.4. The standard InChI is InChI=1S/C12H18N2O.C12H20N2S.C12H17NO.C11H16N2O.C10H11F3.3C10H14.C9H10F3N.C9H13N.C9H12.C8H13NS.CH4/c1-10(2)11-3-4-13-12(9-11)14-5-7-15-8-6-14;1-9(2)11-10(3)13-12(15-11)14-7-5-4-6-8-14;1-9(2)10-4-5-11-12(8-10)14-7-6-13(11)3;1-8(2)9-6-10-11(12-7-9)13(3)4-5-14-10;1-7(2)8-5-3-4-6-9(8)10(11,12)13;2*1-8(2)10-6-4-5-9(3)7-10;1-8(2)10-7-5-4-6-9(10)3;1-6(2)7-5-13-4-3-8(7)9(10,11)12;1-7(2)9-5-4-8(3)10-6-9;1-8(2)9-6-4-3-5-7-9;1-5(2)8-6(3)9-7(4)10-8;/h3-4,9-10H,5-8H2,1-2H3;9H,4-8H2,1-3H3;4-5,8-9H,6-7H2,1-3H3;6-8H,4-5H2,1-3H3;3-7H,1-2H3;3*4-8H,1-3H3;3-6H,1-2H3;4-7H,1-3H3;3-8H,1-2H3;5H,1-4H3;1H4. The second-order valence-electron chi connectivity index (χ2n) is 40.8. The Bertz CT molecular complexity index is 5400. The molecule has 0 saturated carbocycles. The van der Waals surface area contributed by atoms with Crippen molar-refractivity contribution in [2.45, 2.75) is 325 Å². The lowest BCUT2D eigenvalue weighted by Gasteiger charge is -2.28. The largest absolute Gasteiger partial charge is 0.490 e. The third-order valence-electron chi connectivity index (χ3n) is 24.5. The number of benzene rings is 6. The number of alkyl halides is 6. The van der Waals surface area contributed by atoms with Gasteiger partial charge >= 0.3 is 12.4 Å². The lowest BCUT2D eigenvalue weighted by atomic mass is 9.97. The number of morpholine rings is 1. The molecule has 6 aromatic heterocycles. The molecule has 2 saturated heterocycles. The molecule has 21 heteroatoms. The molecular weight excluding hydrogens is 1840 g/mol. The van der Waals surface area contributed by atoms with Crippen LogP contribution in [0.25, 0.3) is 0 Å². The third-order valence-corrected chi connectivity index (χ3v) is 27.4. The number of halogens is 6. The number of piperidine rings is 1. The first kappa shape index (κ1) is 126. The SMILES string of the molecule is C.CC(C)c1ccc2c(c1)OCCN2C.CC(C)c1ccccc1.CC(C)c1ccccc1C(F)(F)F.CC(C)c1ccnc(N2CCOCC2)c1.CC(C)c1cnc2c(c1)OCCN2C.CC(C)c1cnccc1C(F)(F)F.Cc1ccc(C(C)C)cn1.Cc1cccc(C(C)C)c1.Cc1cccc(C(C)C)c1.Cc1ccccc1C(C)C.Cc1nc(C)c(C(C)C)s1.Cc1nc(N2CCCCC2)sc1C(C)C. The highest BCUT2D eigenvalue weighted by molar-refractivity contribution is 7.15. The molecule has 2 fully saturated rings. The van der Waals surface area contributed by atoms with E-state index in [1.54, 1.807) is 33.8 Å². The summed E-state index contributed by atoms with van der Waals surface area (Å²) >= 11 is 3.70. The van der Waals surface area contributed by atoms with Gasteiger partial charge in [-0.05, 0) is 248 Å². The van der Waals surface area contributed by atoms with Gasteiger partial charge in [-0.15, -0.1) is 22.7 Å². The summed E-state index contributed by atoms with van der Waals surface area (Å²) < 4.78 is 90.9. The second kappa shape index (κ2) is 63.8. The van der Waals surface area contributed by atoms with E-state index < -0.39 is 23.5 Å². The molecule has 0 atom stereocenters. The smallest absolute Gasteiger partial charge is 0.416 e. The molecule has 13 nitrogen and oxygen atoms in total. The summed E-state index contributed by atoms with van der Waals surface area (Å²) in [6.07, 6.45) is 3.75. The number of hydrogen-bond acceptors (Lipinski definition) is 15. The summed E-state index contributed by atoms with van der Waals surface area (Å²) in [6.45, 7) is 75.2. The molecule has 4 aliphatic rings. The fourth-order valence-corrected chi connectivity index (χ4v) is 17.7. The molecule has 0 spiro atoms. The van der Waals surface area contributed by atoms with Crippen LogP contribution in [0.5, 0.6) is 11.5 Å². The fraction of sp³-hybridized carbons (Fsp3) is 0.496. The highest BCUT2D eigenvalue weighted by atomic mass is 32.1. The van der Waals surface area contributed by atoms with E-state index in [1.165, 1.54) is 149 Å². The molecular formula is C123H176F6N10O3S2. The highest BCUT2D eigenvalue weighted by Gasteiger charge is 2.35. The molecule has 16 rings (SSSR count). The predicted molar refractivity (Wildman–Crippen MR) is 605 cm³/mol. The van der Waals surface area contributed by atoms with Gasteiger partial charge in [-0.3, -0.25) is 9.97 Å². The predicted octanol–water partition coefficient (Wildman–Crippen LogP) is 35.5. The minimum atomic E-state index is -4.28. The zero-order valence-corrected chi connectivity index (χ0v) is 94.2. The van der Waals surface area contributed by atoms with Gasteiger partial charge in [-0.2, -0.15) is 26.3 Å². The van der Waals surface area contributed by atoms with Gasteiger partial charge in [0.2, 0.25) is 0 Å². The lowest BCUT2D eigenvalue weighted by Crippen LogP contribution is -2.36. The van der Waals surface area contributed by atoms with E-state index in [4.69, 9.17) is 19.2 Å². The van der Waals surface area contributed by atoms with Gasteiger partial charge in [0.1, 0.15) is 24.8 Å². The van der Waals surface area contributed by atoms with Crippen molar-refractivity contribution >= 4 is 45.1 Å². The molecule has 10 heterocycles. The number of thiazole rings is 2. The van der Waals surface area contributed by atoms with Gasteiger partial charge in [-0.1, -0.05) is 318 Å². The van der Waals surface area contributed by atoms with Crippen molar-refractivity contribution in [3.8, 4) is 11.5 Å². The number of aryl methyl sites for hydroxylation is 7. The number of hydrogen-bond donors (Lipinski definition) is 0. The molecule has 4 aliphatic heterocycles. The van der Waals surface area contributed by atoms with Gasteiger partial charge in [-0.25, -0.2) is 19.9 Å². The molecule has 0 amide bonds. The van der Waals surface area contributed by atoms with Crippen LogP contribution >= 0.6 is 22.7 Å². The van der Waals surface area contributed by atoms with Gasteiger partial charge in [0.25, 0.3) is 0 Å². The highest BCUT2D eigenvalue weighted by Crippen LogP contribution is 2.39. The molecule has 0 bridgehead atoms. The number of aromatic nitrogens is 6. The van der Waals surface area contributed by atoms with Gasteiger partial charge < -0.3 is 33.8 Å². The molecule has 144 heavy (non-hydrogen) atoms. The Hall–Kier alpha value is -10.5. The summed E-state index contributed by atoms with van der Waals surface area (Å²) in [6, 6.07) is 60.2. The van der Waals surface area contributed by atoms with Crippen molar-refractivity contribution in [1.29, 1.82) is 0 Å². The zero-order valence-electron chi connectivity index (χ0n) is 92.6. The number of anilines is 4. The fourth-order valence-electron chi connectivity index (χ4n) is 15.6. The van der Waals surface area contributed by atoms with E-state index in [1.807, 2.05) is 61.3 Å². The van der Waals surface area contributed by atoms with Crippen molar-refractivity contribution in [3.63, 3.8) is 0 Å². The first-order valence-electron chi connectivity index (χ1n) is 51.5. The summed E-state index contributed by atoms with van der Waals surface area (Å²) in [5.74, 6) is 9.82. The molecule has 6 aromatic carbocycles.